The van der Waals surface area contributed by atoms with Gasteiger partial charge in [0.05, 0.1) is 38.6 Å². The van der Waals surface area contributed by atoms with E-state index in [9.17, 15) is 62.3 Å². The van der Waals surface area contributed by atoms with E-state index in [1.807, 2.05) is 0 Å². The van der Waals surface area contributed by atoms with Gasteiger partial charge in [-0.25, -0.2) is 9.59 Å². The Morgan fingerprint density at radius 2 is 0.679 bits per heavy atom. The zero-order valence-electron chi connectivity index (χ0n) is 26.3. The highest BCUT2D eigenvalue weighted by Gasteiger charge is 3.08. The fourth-order valence-electron chi connectivity index (χ4n) is 14.6. The van der Waals surface area contributed by atoms with Crippen molar-refractivity contribution in [3.05, 3.63) is 0 Å². The molecule has 12 rings (SSSR count). The molecule has 23 heteroatoms. The minimum atomic E-state index is -5.60. The lowest BCUT2D eigenvalue weighted by Crippen LogP contribution is -2.71. The number of carbonyl (C=O) groups is 2. The average molecular weight is 786 g/mol. The van der Waals surface area contributed by atoms with Crippen molar-refractivity contribution < 1.29 is 105 Å². The van der Waals surface area contributed by atoms with Crippen LogP contribution in [0.3, 0.4) is 0 Å². The molecule has 12 fully saturated rings. The first-order chi connectivity index (χ1) is 24.5. The van der Waals surface area contributed by atoms with Crippen molar-refractivity contribution in [2.75, 3.05) is 14.2 Å². The highest BCUT2D eigenvalue weighted by molar-refractivity contribution is 5.90. The van der Waals surface area contributed by atoms with Gasteiger partial charge in [-0.3, -0.25) is 0 Å². The Bertz CT molecular complexity index is 1610. The number of fused-ring (bicyclic) bond motifs is 36. The van der Waals surface area contributed by atoms with E-state index in [0.29, 0.717) is 0 Å². The van der Waals surface area contributed by atoms with Crippen molar-refractivity contribution in [2.45, 2.75) is 107 Å². The number of ether oxygens (including phenoxy) is 9. The van der Waals surface area contributed by atoms with Crippen molar-refractivity contribution in [1.29, 1.82) is 0 Å². The van der Waals surface area contributed by atoms with E-state index in [4.69, 9.17) is 42.6 Å². The summed E-state index contributed by atoms with van der Waals surface area (Å²) >= 11 is 0. The van der Waals surface area contributed by atoms with Gasteiger partial charge >= 0.3 is 36.6 Å². The van der Waals surface area contributed by atoms with E-state index < -0.39 is 166 Å². The third-order valence-electron chi connectivity index (χ3n) is 15.5. The molecule has 0 spiro atoms. The van der Waals surface area contributed by atoms with Crippen LogP contribution in [0.4, 0.5) is 52.7 Å². The van der Waals surface area contributed by atoms with Gasteiger partial charge in [0, 0.05) is 47.3 Å². The van der Waals surface area contributed by atoms with Gasteiger partial charge in [0.2, 0.25) is 22.4 Å². The molecule has 0 aromatic heterocycles. The van der Waals surface area contributed by atoms with E-state index in [2.05, 4.69) is 0 Å². The van der Waals surface area contributed by atoms with Gasteiger partial charge in [0.25, 0.3) is 0 Å². The van der Waals surface area contributed by atoms with Gasteiger partial charge in [-0.1, -0.05) is 0 Å². The van der Waals surface area contributed by atoms with Crippen LogP contribution in [0.1, 0.15) is 0 Å². The van der Waals surface area contributed by atoms with E-state index >= 15 is 0 Å². The van der Waals surface area contributed by atoms with E-state index in [1.54, 1.807) is 0 Å². The molecule has 20 atom stereocenters. The lowest BCUT2D eigenvalue weighted by Gasteiger charge is -2.52. The predicted octanol–water partition coefficient (Wildman–Crippen LogP) is 2.17. The number of rotatable bonds is 2. The Morgan fingerprint density at radius 1 is 0.434 bits per heavy atom. The molecule has 0 saturated carbocycles. The minimum Gasteiger partial charge on any atom is -0.467 e. The fraction of sp³-hybridized carbons (Fsp3) is 0.933. The molecule has 0 N–H and O–H groups in total. The van der Waals surface area contributed by atoms with Crippen molar-refractivity contribution in [2.24, 2.45) is 47.3 Å². The van der Waals surface area contributed by atoms with E-state index in [-0.39, 0.29) is 0 Å². The Balaban J connectivity index is 1.02. The monoisotopic (exact) mass is 786 g/mol. The fourth-order valence-corrected chi connectivity index (χ4v) is 14.6. The van der Waals surface area contributed by atoms with Crippen LogP contribution in [-0.4, -0.2) is 133 Å². The lowest BCUT2D eigenvalue weighted by molar-refractivity contribution is -0.222. The Hall–Kier alpha value is -2.18. The van der Waals surface area contributed by atoms with Crippen LogP contribution in [0.15, 0.2) is 0 Å². The molecule has 20 unspecified atom stereocenters. The molecule has 12 saturated heterocycles. The number of alkyl halides is 12. The first-order valence-electron chi connectivity index (χ1n) is 16.7. The summed E-state index contributed by atoms with van der Waals surface area (Å²) in [5.41, 5.74) is -20.2. The summed E-state index contributed by atoms with van der Waals surface area (Å²) in [6, 6.07) is 0. The maximum atomic E-state index is 14.6. The second-order valence-corrected chi connectivity index (χ2v) is 16.3. The predicted molar refractivity (Wildman–Crippen MR) is 130 cm³/mol. The maximum Gasteiger partial charge on any atom is 0.423 e. The first-order valence-corrected chi connectivity index (χ1v) is 16.7. The topological polar surface area (TPSA) is 124 Å². The highest BCUT2D eigenvalue weighted by atomic mass is 19.4. The molecule has 0 aromatic rings. The van der Waals surface area contributed by atoms with Crippen molar-refractivity contribution in [3.63, 3.8) is 0 Å². The standard InChI is InChI=1S/C30H22F12O11/c1-45-19(43)21-7-9(13-5-3(11(7)47-13)15-23(27(31,32)33)25(52-23,17(5)49-15)29(37,38)39)22(51-21,20(44)46-2)10-8(21)12-4-6(14(10)48-12)18-26(30(40,41)42)24(53-26,16(4)50-18)28(34,35)36/h3-18H,1-2H3. The average Bonchev–Trinajstić information content (AvgIpc) is 3.65. The zero-order chi connectivity index (χ0) is 37.8. The number of esters is 2. The van der Waals surface area contributed by atoms with Gasteiger partial charge in [0.1, 0.15) is 24.4 Å². The SMILES string of the molecule is COC(=O)C12OC(C(=O)OC)(C3C4OC(C5C4C4OC5C5(C(F)(F)F)OC45C(F)(F)F)C31)C1C3OC(C4C3C3OC4C4(C(F)(F)F)OC34C(F)(F)F)C12. The summed E-state index contributed by atoms with van der Waals surface area (Å²) < 4.78 is 225. The summed E-state index contributed by atoms with van der Waals surface area (Å²) in [4.78, 5) is 28.3. The second kappa shape index (κ2) is 8.13. The van der Waals surface area contributed by atoms with Crippen molar-refractivity contribution in [1.82, 2.24) is 0 Å². The lowest BCUT2D eigenvalue weighted by atomic mass is 9.44. The third-order valence-corrected chi connectivity index (χ3v) is 15.5. The Kier molecular flexibility index (Phi) is 5.07. The number of hydrogen-bond acceptors (Lipinski definition) is 11. The molecule has 0 aromatic carbocycles. The number of carbonyl (C=O) groups excluding carboxylic acids is 2. The van der Waals surface area contributed by atoms with Crippen LogP contribution in [0.2, 0.25) is 0 Å². The van der Waals surface area contributed by atoms with Crippen LogP contribution >= 0.6 is 0 Å². The normalized spacial score (nSPS) is 63.0. The minimum absolute atomic E-state index is 0.888. The highest BCUT2D eigenvalue weighted by Crippen LogP contribution is 2.87. The molecule has 10 bridgehead atoms. The van der Waals surface area contributed by atoms with Crippen LogP contribution in [-0.2, 0) is 52.2 Å². The van der Waals surface area contributed by atoms with E-state index in [1.165, 1.54) is 0 Å². The molecule has 0 radical (unpaired) electrons. The smallest absolute Gasteiger partial charge is 0.423 e. The molecule has 11 nitrogen and oxygen atoms in total. The summed E-state index contributed by atoms with van der Waals surface area (Å²) in [7, 11) is 1.78. The molecule has 12 heterocycles. The van der Waals surface area contributed by atoms with Gasteiger partial charge in [-0.05, 0) is 0 Å². The Labute approximate surface area is 286 Å². The number of halogens is 12. The summed E-state index contributed by atoms with van der Waals surface area (Å²) in [5.74, 6) is -14.5. The molecule has 12 aliphatic rings. The van der Waals surface area contributed by atoms with Crippen molar-refractivity contribution >= 4 is 11.9 Å². The summed E-state index contributed by atoms with van der Waals surface area (Å²) in [5, 5.41) is 0. The number of epoxide rings is 2. The molecular weight excluding hydrogens is 764 g/mol. The molecule has 53 heavy (non-hydrogen) atoms. The van der Waals surface area contributed by atoms with Gasteiger partial charge in [-0.2, -0.15) is 52.7 Å². The zero-order valence-corrected chi connectivity index (χ0v) is 26.3. The molecule has 12 aliphatic heterocycles. The van der Waals surface area contributed by atoms with Crippen LogP contribution in [0, 0.1) is 47.3 Å². The quantitative estimate of drug-likeness (QED) is 0.233. The maximum absolute atomic E-state index is 14.6. The summed E-state index contributed by atoms with van der Waals surface area (Å²) in [6.45, 7) is 0. The number of hydrogen-bond donors (Lipinski definition) is 0. The molecular formula is C30H22F12O11. The molecule has 0 amide bonds. The largest absolute Gasteiger partial charge is 0.467 e. The van der Waals surface area contributed by atoms with Crippen molar-refractivity contribution in [3.8, 4) is 0 Å². The second-order valence-electron chi connectivity index (χ2n) is 16.3. The van der Waals surface area contributed by atoms with E-state index in [0.717, 1.165) is 14.2 Å². The van der Waals surface area contributed by atoms with Gasteiger partial charge in [0.15, 0.2) is 11.2 Å². The third kappa shape index (κ3) is 2.59. The van der Waals surface area contributed by atoms with Crippen LogP contribution < -0.4 is 0 Å². The Morgan fingerprint density at radius 3 is 0.887 bits per heavy atom. The molecule has 0 aliphatic carbocycles. The summed E-state index contributed by atoms with van der Waals surface area (Å²) in [6.07, 6.45) is -37.9. The van der Waals surface area contributed by atoms with Crippen LogP contribution in [0.5, 0.6) is 0 Å². The van der Waals surface area contributed by atoms with Crippen LogP contribution in [0.25, 0.3) is 0 Å². The van der Waals surface area contributed by atoms with Gasteiger partial charge < -0.3 is 42.6 Å². The molecule has 292 valence electrons. The first kappa shape index (κ1) is 33.0. The number of methoxy groups -OCH3 is 2. The van der Waals surface area contributed by atoms with Gasteiger partial charge in [-0.15, -0.1) is 0 Å².